The van der Waals surface area contributed by atoms with E-state index in [-0.39, 0.29) is 5.91 Å². The quantitative estimate of drug-likeness (QED) is 0.886. The molecule has 1 aromatic rings. The van der Waals surface area contributed by atoms with Crippen LogP contribution in [0, 0.1) is 0 Å². The van der Waals surface area contributed by atoms with Gasteiger partial charge < -0.3 is 10.0 Å². The van der Waals surface area contributed by atoms with Crippen molar-refractivity contribution in [3.8, 4) is 0 Å². The van der Waals surface area contributed by atoms with Gasteiger partial charge >= 0.3 is 5.97 Å². The largest absolute Gasteiger partial charge is 0.480 e. The van der Waals surface area contributed by atoms with Crippen LogP contribution < -0.4 is 0 Å². The van der Waals surface area contributed by atoms with E-state index in [1.54, 1.807) is 17.9 Å². The monoisotopic (exact) mass is 265 g/mol. The first-order valence-electron chi connectivity index (χ1n) is 6.61. The van der Waals surface area contributed by atoms with Crippen LogP contribution in [0.5, 0.6) is 0 Å². The molecule has 0 bridgehead atoms. The summed E-state index contributed by atoms with van der Waals surface area (Å²) in [5.41, 5.74) is 1.25. The fourth-order valence-corrected chi connectivity index (χ4v) is 2.56. The molecule has 1 aromatic heterocycles. The molecule has 1 fully saturated rings. The molecule has 1 amide bonds. The van der Waals surface area contributed by atoms with Crippen molar-refractivity contribution >= 4 is 11.9 Å². The molecule has 0 radical (unpaired) electrons. The van der Waals surface area contributed by atoms with Crippen molar-refractivity contribution in [2.24, 2.45) is 7.05 Å². The molecule has 2 heterocycles. The number of carboxylic acid groups (broad SMARTS) is 1. The van der Waals surface area contributed by atoms with Crippen molar-refractivity contribution in [3.63, 3.8) is 0 Å². The minimum atomic E-state index is -0.921. The van der Waals surface area contributed by atoms with E-state index in [1.165, 1.54) is 4.90 Å². The maximum Gasteiger partial charge on any atom is 0.326 e. The van der Waals surface area contributed by atoms with E-state index in [9.17, 15) is 14.7 Å². The molecule has 0 aliphatic carbocycles. The van der Waals surface area contributed by atoms with E-state index >= 15 is 0 Å². The summed E-state index contributed by atoms with van der Waals surface area (Å²) in [7, 11) is 1.76. The number of aryl methyl sites for hydroxylation is 2. The Kier molecular flexibility index (Phi) is 3.87. The molecule has 1 atom stereocenters. The predicted octanol–water partition coefficient (Wildman–Crippen LogP) is 1.06. The summed E-state index contributed by atoms with van der Waals surface area (Å²) in [6.07, 6.45) is 4.58. The highest BCUT2D eigenvalue weighted by Gasteiger charge is 2.33. The third-order valence-corrected chi connectivity index (χ3v) is 3.52. The van der Waals surface area contributed by atoms with Gasteiger partial charge in [-0.3, -0.25) is 9.48 Å². The second kappa shape index (κ2) is 5.42. The second-order valence-electron chi connectivity index (χ2n) is 4.87. The second-order valence-corrected chi connectivity index (χ2v) is 4.87. The van der Waals surface area contributed by atoms with Gasteiger partial charge in [-0.1, -0.05) is 6.92 Å². The van der Waals surface area contributed by atoms with Crippen molar-refractivity contribution < 1.29 is 14.7 Å². The van der Waals surface area contributed by atoms with E-state index in [1.807, 2.05) is 6.92 Å². The average Bonchev–Trinajstić information content (AvgIpc) is 2.79. The highest BCUT2D eigenvalue weighted by Crippen LogP contribution is 2.21. The maximum absolute atomic E-state index is 12.5. The molecule has 0 unspecified atom stereocenters. The number of nitrogens with zero attached hydrogens (tertiary/aromatic N) is 3. The Morgan fingerprint density at radius 1 is 1.47 bits per heavy atom. The first-order valence-corrected chi connectivity index (χ1v) is 6.61. The van der Waals surface area contributed by atoms with Crippen LogP contribution in [-0.4, -0.2) is 44.3 Å². The van der Waals surface area contributed by atoms with Crippen LogP contribution in [0.4, 0.5) is 0 Å². The molecule has 104 valence electrons. The van der Waals surface area contributed by atoms with E-state index in [4.69, 9.17) is 0 Å². The van der Waals surface area contributed by atoms with E-state index in [0.717, 1.165) is 18.5 Å². The van der Waals surface area contributed by atoms with Crippen LogP contribution in [0.3, 0.4) is 0 Å². The zero-order valence-electron chi connectivity index (χ0n) is 11.3. The number of carbonyl (C=O) groups is 2. The number of rotatable bonds is 3. The summed E-state index contributed by atoms with van der Waals surface area (Å²) in [6, 6.07) is -0.703. The van der Waals surface area contributed by atoms with Gasteiger partial charge in [-0.15, -0.1) is 0 Å². The molecule has 1 N–H and O–H groups in total. The Balaban J connectivity index is 2.28. The maximum atomic E-state index is 12.5. The van der Waals surface area contributed by atoms with Crippen LogP contribution in [0.15, 0.2) is 6.20 Å². The zero-order valence-corrected chi connectivity index (χ0v) is 11.3. The standard InChI is InChI=1S/C13H19N3O3/c1-3-10-9(8-15(2)14-10)12(17)16-7-5-4-6-11(16)13(18)19/h8,11H,3-7H2,1-2H3,(H,18,19)/t11-/m1/s1. The van der Waals surface area contributed by atoms with E-state index < -0.39 is 12.0 Å². The topological polar surface area (TPSA) is 75.4 Å². The van der Waals surface area contributed by atoms with Crippen molar-refractivity contribution in [1.29, 1.82) is 0 Å². The summed E-state index contributed by atoms with van der Waals surface area (Å²) in [5, 5.41) is 13.5. The lowest BCUT2D eigenvalue weighted by atomic mass is 10.0. The SMILES string of the molecule is CCc1nn(C)cc1C(=O)N1CCCC[C@@H]1C(=O)O. The molecule has 1 aliphatic rings. The lowest BCUT2D eigenvalue weighted by molar-refractivity contribution is -0.143. The number of aliphatic carboxylic acids is 1. The first-order chi connectivity index (χ1) is 9.04. The van der Waals surface area contributed by atoms with Crippen LogP contribution in [-0.2, 0) is 18.3 Å². The number of aromatic nitrogens is 2. The Labute approximate surface area is 112 Å². The lowest BCUT2D eigenvalue weighted by Gasteiger charge is -2.32. The van der Waals surface area contributed by atoms with Gasteiger partial charge in [-0.05, 0) is 25.7 Å². The Bertz CT molecular complexity index is 495. The van der Waals surface area contributed by atoms with E-state index in [2.05, 4.69) is 5.10 Å². The van der Waals surface area contributed by atoms with Gasteiger partial charge in [0.15, 0.2) is 0 Å². The van der Waals surface area contributed by atoms with Gasteiger partial charge in [-0.25, -0.2) is 4.79 Å². The molecule has 19 heavy (non-hydrogen) atoms. The normalized spacial score (nSPS) is 19.5. The third kappa shape index (κ3) is 2.62. The molecule has 1 saturated heterocycles. The fraction of sp³-hybridized carbons (Fsp3) is 0.615. The number of hydrogen-bond donors (Lipinski definition) is 1. The summed E-state index contributed by atoms with van der Waals surface area (Å²) < 4.78 is 1.60. The Morgan fingerprint density at radius 3 is 2.84 bits per heavy atom. The average molecular weight is 265 g/mol. The van der Waals surface area contributed by atoms with Gasteiger partial charge in [0, 0.05) is 19.8 Å². The summed E-state index contributed by atoms with van der Waals surface area (Å²) >= 11 is 0. The number of amides is 1. The molecule has 0 saturated carbocycles. The summed E-state index contributed by atoms with van der Waals surface area (Å²) in [4.78, 5) is 25.2. The molecular weight excluding hydrogens is 246 g/mol. The van der Waals surface area contributed by atoms with Gasteiger partial charge in [0.05, 0.1) is 11.3 Å². The lowest BCUT2D eigenvalue weighted by Crippen LogP contribution is -2.48. The minimum Gasteiger partial charge on any atom is -0.480 e. The van der Waals surface area contributed by atoms with Crippen LogP contribution in [0.25, 0.3) is 0 Å². The molecule has 6 heteroatoms. The fourth-order valence-electron chi connectivity index (χ4n) is 2.56. The molecule has 2 rings (SSSR count). The van der Waals surface area contributed by atoms with Crippen molar-refractivity contribution in [2.75, 3.05) is 6.54 Å². The van der Waals surface area contributed by atoms with Crippen LogP contribution in [0.2, 0.25) is 0 Å². The highest BCUT2D eigenvalue weighted by molar-refractivity contribution is 5.97. The molecule has 1 aliphatic heterocycles. The number of hydrogen-bond acceptors (Lipinski definition) is 3. The molecule has 0 spiro atoms. The van der Waals surface area contributed by atoms with Gasteiger partial charge in [0.1, 0.15) is 6.04 Å². The summed E-state index contributed by atoms with van der Waals surface area (Å²) in [5.74, 6) is -1.13. The first kappa shape index (κ1) is 13.6. The molecule has 6 nitrogen and oxygen atoms in total. The number of likely N-dealkylation sites (tertiary alicyclic amines) is 1. The minimum absolute atomic E-state index is 0.211. The van der Waals surface area contributed by atoms with Crippen molar-refractivity contribution in [2.45, 2.75) is 38.6 Å². The number of carboxylic acids is 1. The molecular formula is C13H19N3O3. The third-order valence-electron chi connectivity index (χ3n) is 3.52. The molecule has 0 aromatic carbocycles. The van der Waals surface area contributed by atoms with Crippen LogP contribution >= 0.6 is 0 Å². The van der Waals surface area contributed by atoms with Gasteiger partial charge in [-0.2, -0.15) is 5.10 Å². The van der Waals surface area contributed by atoms with E-state index in [0.29, 0.717) is 24.9 Å². The van der Waals surface area contributed by atoms with Crippen molar-refractivity contribution in [3.05, 3.63) is 17.5 Å². The van der Waals surface area contributed by atoms with Crippen molar-refractivity contribution in [1.82, 2.24) is 14.7 Å². The van der Waals surface area contributed by atoms with Crippen LogP contribution in [0.1, 0.15) is 42.2 Å². The number of carbonyl (C=O) groups excluding carboxylic acids is 1. The predicted molar refractivity (Wildman–Crippen MR) is 68.9 cm³/mol. The van der Waals surface area contributed by atoms with Gasteiger partial charge in [0.25, 0.3) is 5.91 Å². The Hall–Kier alpha value is -1.85. The smallest absolute Gasteiger partial charge is 0.326 e. The zero-order chi connectivity index (χ0) is 14.0. The number of piperidine rings is 1. The van der Waals surface area contributed by atoms with Gasteiger partial charge in [0.2, 0.25) is 0 Å². The highest BCUT2D eigenvalue weighted by atomic mass is 16.4. The Morgan fingerprint density at radius 2 is 2.21 bits per heavy atom. The summed E-state index contributed by atoms with van der Waals surface area (Å²) in [6.45, 7) is 2.44.